The van der Waals surface area contributed by atoms with Crippen LogP contribution in [0.3, 0.4) is 0 Å². The van der Waals surface area contributed by atoms with Gasteiger partial charge in [-0.2, -0.15) is 0 Å². The predicted octanol–water partition coefficient (Wildman–Crippen LogP) is 3.24. The fraction of sp³-hybridized carbons (Fsp3) is 0.280. The molecule has 0 saturated carbocycles. The van der Waals surface area contributed by atoms with Gasteiger partial charge < -0.3 is 20.9 Å². The lowest BCUT2D eigenvalue weighted by Crippen LogP contribution is -2.47. The highest BCUT2D eigenvalue weighted by molar-refractivity contribution is 5.67. The predicted molar refractivity (Wildman–Crippen MR) is 120 cm³/mol. The van der Waals surface area contributed by atoms with Gasteiger partial charge >= 0.3 is 6.09 Å². The number of hydrogen-bond acceptors (Lipinski definition) is 5. The number of benzene rings is 2. The number of nitrogens with two attached hydrogens (primary N) is 1. The van der Waals surface area contributed by atoms with Crippen molar-refractivity contribution in [2.75, 3.05) is 0 Å². The van der Waals surface area contributed by atoms with Gasteiger partial charge in [0.1, 0.15) is 6.61 Å². The summed E-state index contributed by atoms with van der Waals surface area (Å²) in [6.45, 7) is 0.112. The number of nitrogens with zero attached hydrogens (tertiary/aromatic N) is 1. The lowest BCUT2D eigenvalue weighted by molar-refractivity contribution is 0.0921. The Morgan fingerprint density at radius 3 is 2.16 bits per heavy atom. The van der Waals surface area contributed by atoms with Crippen LogP contribution < -0.4 is 11.1 Å². The van der Waals surface area contributed by atoms with E-state index in [1.54, 1.807) is 18.5 Å². The van der Waals surface area contributed by atoms with E-state index in [1.807, 2.05) is 66.7 Å². The Kier molecular flexibility index (Phi) is 8.58. The molecule has 0 aliphatic rings. The van der Waals surface area contributed by atoms with Gasteiger partial charge in [-0.15, -0.1) is 0 Å². The van der Waals surface area contributed by atoms with Crippen molar-refractivity contribution >= 4 is 6.09 Å². The number of rotatable bonds is 10. The molecule has 6 heteroatoms. The lowest BCUT2D eigenvalue weighted by atomic mass is 9.94. The average Bonchev–Trinajstić information content (AvgIpc) is 2.79. The third-order valence-corrected chi connectivity index (χ3v) is 5.04. The Balaban J connectivity index is 1.59. The number of carbonyl (C=O) groups is 1. The molecule has 6 nitrogen and oxygen atoms in total. The van der Waals surface area contributed by atoms with Crippen LogP contribution in [0.15, 0.2) is 85.2 Å². The summed E-state index contributed by atoms with van der Waals surface area (Å²) in [6, 6.07) is 22.5. The van der Waals surface area contributed by atoms with Gasteiger partial charge in [-0.3, -0.25) is 4.98 Å². The number of aromatic nitrogens is 1. The van der Waals surface area contributed by atoms with E-state index in [-0.39, 0.29) is 12.6 Å². The monoisotopic (exact) mass is 419 g/mol. The molecule has 3 aromatic rings. The van der Waals surface area contributed by atoms with Crippen LogP contribution in [0.25, 0.3) is 0 Å². The van der Waals surface area contributed by atoms with E-state index in [2.05, 4.69) is 10.3 Å². The highest BCUT2D eigenvalue weighted by atomic mass is 16.5. The van der Waals surface area contributed by atoms with E-state index in [0.717, 1.165) is 16.7 Å². The first-order valence-electron chi connectivity index (χ1n) is 10.4. The standard InChI is InChI=1S/C25H29N3O3/c26-22(14-19-8-3-1-4-9-19)16-24(29)23(15-20-10-5-2-6-11-20)28-25(30)31-18-21-12-7-13-27-17-21/h1-13,17,22-24,29H,14-16,18,26H2,(H,28,30). The molecule has 0 bridgehead atoms. The molecule has 0 saturated heterocycles. The summed E-state index contributed by atoms with van der Waals surface area (Å²) in [6.07, 6.45) is 3.39. The topological polar surface area (TPSA) is 97.5 Å². The number of ether oxygens (including phenoxy) is 1. The van der Waals surface area contributed by atoms with Crippen LogP contribution >= 0.6 is 0 Å². The second-order valence-corrected chi connectivity index (χ2v) is 7.63. The van der Waals surface area contributed by atoms with Gasteiger partial charge in [0, 0.05) is 24.0 Å². The highest BCUT2D eigenvalue weighted by Crippen LogP contribution is 2.13. The summed E-state index contributed by atoms with van der Waals surface area (Å²) in [5.74, 6) is 0. The maximum atomic E-state index is 12.4. The number of aliphatic hydroxyl groups excluding tert-OH is 1. The quantitative estimate of drug-likeness (QED) is 0.469. The Hall–Kier alpha value is -3.22. The van der Waals surface area contributed by atoms with E-state index >= 15 is 0 Å². The number of alkyl carbamates (subject to hydrolysis) is 1. The molecular weight excluding hydrogens is 390 g/mol. The Labute approximate surface area is 183 Å². The normalized spacial score (nSPS) is 13.7. The van der Waals surface area contributed by atoms with Gasteiger partial charge in [-0.05, 0) is 36.5 Å². The molecule has 31 heavy (non-hydrogen) atoms. The highest BCUT2D eigenvalue weighted by Gasteiger charge is 2.24. The number of carbonyl (C=O) groups excluding carboxylic acids is 1. The number of aliphatic hydroxyl groups is 1. The summed E-state index contributed by atoms with van der Waals surface area (Å²) in [5, 5.41) is 13.7. The second kappa shape index (κ2) is 11.8. The Morgan fingerprint density at radius 2 is 1.55 bits per heavy atom. The van der Waals surface area contributed by atoms with Crippen molar-refractivity contribution in [2.24, 2.45) is 5.73 Å². The molecule has 1 aromatic heterocycles. The zero-order chi connectivity index (χ0) is 21.9. The summed E-state index contributed by atoms with van der Waals surface area (Å²) >= 11 is 0. The molecule has 0 spiro atoms. The van der Waals surface area contributed by atoms with E-state index < -0.39 is 18.2 Å². The summed E-state index contributed by atoms with van der Waals surface area (Å²) in [7, 11) is 0. The average molecular weight is 420 g/mol. The molecule has 162 valence electrons. The van der Waals surface area contributed by atoms with E-state index in [4.69, 9.17) is 10.5 Å². The zero-order valence-electron chi connectivity index (χ0n) is 17.4. The lowest BCUT2D eigenvalue weighted by Gasteiger charge is -2.26. The molecule has 0 aliphatic carbocycles. The summed E-state index contributed by atoms with van der Waals surface area (Å²) in [5.41, 5.74) is 9.21. The maximum absolute atomic E-state index is 12.4. The van der Waals surface area contributed by atoms with Crippen LogP contribution in [0, 0.1) is 0 Å². The minimum absolute atomic E-state index is 0.112. The van der Waals surface area contributed by atoms with Gasteiger partial charge in [0.25, 0.3) is 0 Å². The minimum Gasteiger partial charge on any atom is -0.445 e. The Bertz CT molecular complexity index is 907. The molecule has 0 fully saturated rings. The van der Waals surface area contributed by atoms with E-state index in [1.165, 1.54) is 0 Å². The number of hydrogen-bond donors (Lipinski definition) is 3. The molecule has 2 aromatic carbocycles. The third kappa shape index (κ3) is 7.85. The van der Waals surface area contributed by atoms with Gasteiger partial charge in [-0.25, -0.2) is 4.79 Å². The SMILES string of the molecule is NC(Cc1ccccc1)CC(O)C(Cc1ccccc1)NC(=O)OCc1cccnc1. The van der Waals surface area contributed by atoms with Crippen molar-refractivity contribution in [3.8, 4) is 0 Å². The minimum atomic E-state index is -0.815. The number of nitrogens with one attached hydrogen (secondary N) is 1. The first-order chi connectivity index (χ1) is 15.1. The molecule has 0 radical (unpaired) electrons. The van der Waals surface area contributed by atoms with Gasteiger partial charge in [0.15, 0.2) is 0 Å². The van der Waals surface area contributed by atoms with Crippen LogP contribution in [0.1, 0.15) is 23.1 Å². The molecule has 4 N–H and O–H groups in total. The Morgan fingerprint density at radius 1 is 0.935 bits per heavy atom. The van der Waals surface area contributed by atoms with Crippen LogP contribution in [-0.2, 0) is 24.2 Å². The fourth-order valence-electron chi connectivity index (χ4n) is 3.45. The van der Waals surface area contributed by atoms with Crippen LogP contribution in [-0.4, -0.2) is 34.4 Å². The molecule has 3 atom stereocenters. The molecule has 1 amide bonds. The smallest absolute Gasteiger partial charge is 0.407 e. The van der Waals surface area contributed by atoms with Gasteiger partial charge in [0.05, 0.1) is 12.1 Å². The van der Waals surface area contributed by atoms with Gasteiger partial charge in [0.2, 0.25) is 0 Å². The van der Waals surface area contributed by atoms with Crippen molar-refractivity contribution in [1.82, 2.24) is 10.3 Å². The van der Waals surface area contributed by atoms with Crippen LogP contribution in [0.5, 0.6) is 0 Å². The van der Waals surface area contributed by atoms with Crippen molar-refractivity contribution in [3.05, 3.63) is 102 Å². The van der Waals surface area contributed by atoms with E-state index in [0.29, 0.717) is 19.3 Å². The fourth-order valence-corrected chi connectivity index (χ4v) is 3.45. The molecule has 3 unspecified atom stereocenters. The molecule has 0 aliphatic heterocycles. The van der Waals surface area contributed by atoms with E-state index in [9.17, 15) is 9.90 Å². The van der Waals surface area contributed by atoms with Crippen molar-refractivity contribution in [1.29, 1.82) is 0 Å². The first kappa shape index (κ1) is 22.5. The van der Waals surface area contributed by atoms with Crippen LogP contribution in [0.4, 0.5) is 4.79 Å². The first-order valence-corrected chi connectivity index (χ1v) is 10.4. The second-order valence-electron chi connectivity index (χ2n) is 7.63. The van der Waals surface area contributed by atoms with Crippen molar-refractivity contribution < 1.29 is 14.6 Å². The zero-order valence-corrected chi connectivity index (χ0v) is 17.4. The summed E-state index contributed by atoms with van der Waals surface area (Å²) < 4.78 is 5.31. The maximum Gasteiger partial charge on any atom is 0.407 e. The number of pyridine rings is 1. The molecule has 1 heterocycles. The largest absolute Gasteiger partial charge is 0.445 e. The summed E-state index contributed by atoms with van der Waals surface area (Å²) in [4.78, 5) is 16.4. The van der Waals surface area contributed by atoms with Crippen molar-refractivity contribution in [3.63, 3.8) is 0 Å². The number of amides is 1. The molecule has 3 rings (SSSR count). The molecular formula is C25H29N3O3. The third-order valence-electron chi connectivity index (χ3n) is 5.04. The van der Waals surface area contributed by atoms with Crippen molar-refractivity contribution in [2.45, 2.75) is 44.1 Å². The van der Waals surface area contributed by atoms with Crippen LogP contribution in [0.2, 0.25) is 0 Å². The van der Waals surface area contributed by atoms with Gasteiger partial charge in [-0.1, -0.05) is 66.7 Å².